The van der Waals surface area contributed by atoms with E-state index in [0.29, 0.717) is 23.3 Å². The Hall–Kier alpha value is -4.00. The molecular weight excluding hydrogens is 441 g/mol. The minimum Gasteiger partial charge on any atom is -0.383 e. The average Bonchev–Trinajstić information content (AvgIpc) is 3.41. The van der Waals surface area contributed by atoms with Crippen molar-refractivity contribution in [3.05, 3.63) is 53.1 Å². The van der Waals surface area contributed by atoms with Crippen molar-refractivity contribution in [1.29, 1.82) is 0 Å². The number of imidazole rings is 1. The van der Waals surface area contributed by atoms with Gasteiger partial charge in [0.1, 0.15) is 23.5 Å². The molecule has 0 aliphatic rings. The molecule has 0 saturated heterocycles. The lowest BCUT2D eigenvalue weighted by Crippen LogP contribution is -2.30. The van der Waals surface area contributed by atoms with Crippen LogP contribution in [0.5, 0.6) is 0 Å². The van der Waals surface area contributed by atoms with Crippen LogP contribution in [0.15, 0.2) is 35.1 Å². The lowest BCUT2D eigenvalue weighted by Gasteiger charge is -2.13. The van der Waals surface area contributed by atoms with Gasteiger partial charge in [-0.1, -0.05) is 5.16 Å². The Morgan fingerprint density at radius 2 is 2.06 bits per heavy atom. The van der Waals surface area contributed by atoms with E-state index < -0.39 is 23.7 Å². The third-order valence-electron chi connectivity index (χ3n) is 4.91. The van der Waals surface area contributed by atoms with Crippen molar-refractivity contribution in [2.75, 3.05) is 12.8 Å². The Balaban J connectivity index is 1.54. The molecule has 3 heterocycles. The number of carbonyl (C=O) groups is 1. The third-order valence-corrected chi connectivity index (χ3v) is 4.91. The van der Waals surface area contributed by atoms with Crippen LogP contribution >= 0.6 is 0 Å². The van der Waals surface area contributed by atoms with Gasteiger partial charge in [-0.05, 0) is 32.2 Å². The Labute approximate surface area is 184 Å². The first-order valence-corrected chi connectivity index (χ1v) is 9.76. The highest BCUT2D eigenvalue weighted by molar-refractivity contribution is 5.94. The number of halogens is 3. The zero-order chi connectivity index (χ0) is 23.8. The fraction of sp³-hybridized carbons (Fsp3) is 0.250. The van der Waals surface area contributed by atoms with Crippen LogP contribution in [0, 0.1) is 0 Å². The highest BCUT2D eigenvalue weighted by Crippen LogP contribution is 2.32. The summed E-state index contributed by atoms with van der Waals surface area (Å²) >= 11 is 0. The Morgan fingerprint density at radius 3 is 2.79 bits per heavy atom. The summed E-state index contributed by atoms with van der Waals surface area (Å²) in [5.41, 5.74) is 6.58. The lowest BCUT2D eigenvalue weighted by atomic mass is 10.1. The maximum atomic E-state index is 12.9. The number of hydrogen-bond acceptors (Lipinski definition) is 8. The minimum atomic E-state index is -4.46. The quantitative estimate of drug-likeness (QED) is 0.343. The molecule has 0 bridgehead atoms. The van der Waals surface area contributed by atoms with Crippen LogP contribution in [0.3, 0.4) is 0 Å². The molecule has 1 atom stereocenters. The highest BCUT2D eigenvalue weighted by atomic mass is 19.4. The van der Waals surface area contributed by atoms with Crippen molar-refractivity contribution < 1.29 is 22.5 Å². The summed E-state index contributed by atoms with van der Waals surface area (Å²) in [6.07, 6.45) is -3.26. The zero-order valence-electron chi connectivity index (χ0n) is 17.5. The van der Waals surface area contributed by atoms with Gasteiger partial charge in [0.25, 0.3) is 5.91 Å². The fourth-order valence-corrected chi connectivity index (χ4v) is 3.22. The van der Waals surface area contributed by atoms with Gasteiger partial charge in [-0.25, -0.2) is 15.0 Å². The van der Waals surface area contributed by atoms with Gasteiger partial charge < -0.3 is 25.9 Å². The number of benzene rings is 1. The van der Waals surface area contributed by atoms with E-state index in [2.05, 4.69) is 35.7 Å². The summed E-state index contributed by atoms with van der Waals surface area (Å²) in [5, 5.41) is 9.62. The van der Waals surface area contributed by atoms with Crippen molar-refractivity contribution in [3.8, 4) is 11.6 Å². The molecule has 3 aromatic heterocycles. The molecule has 0 radical (unpaired) electrons. The number of rotatable bonds is 6. The van der Waals surface area contributed by atoms with E-state index in [9.17, 15) is 18.0 Å². The molecule has 0 aliphatic carbocycles. The average molecular weight is 460 g/mol. The van der Waals surface area contributed by atoms with Crippen molar-refractivity contribution in [3.63, 3.8) is 0 Å². The first-order chi connectivity index (χ1) is 15.7. The minimum absolute atomic E-state index is 0.130. The van der Waals surface area contributed by atoms with Crippen LogP contribution in [0.2, 0.25) is 0 Å². The predicted molar refractivity (Wildman–Crippen MR) is 112 cm³/mol. The number of nitrogen functional groups attached to an aromatic ring is 1. The zero-order valence-corrected chi connectivity index (χ0v) is 17.5. The van der Waals surface area contributed by atoms with E-state index in [1.807, 2.05) is 0 Å². The molecule has 1 aromatic carbocycles. The molecule has 1 amide bonds. The number of aromatic amines is 1. The molecular formula is C20H19F3N8O2. The second-order valence-electron chi connectivity index (χ2n) is 7.24. The summed E-state index contributed by atoms with van der Waals surface area (Å²) in [6.45, 7) is 2.00. The Morgan fingerprint density at radius 1 is 1.27 bits per heavy atom. The van der Waals surface area contributed by atoms with Gasteiger partial charge >= 0.3 is 6.18 Å². The molecule has 33 heavy (non-hydrogen) atoms. The number of nitrogens with one attached hydrogen (secondary N) is 3. The van der Waals surface area contributed by atoms with E-state index in [-0.39, 0.29) is 28.6 Å². The normalized spacial score (nSPS) is 12.8. The van der Waals surface area contributed by atoms with Crippen LogP contribution in [0.25, 0.3) is 22.6 Å². The number of amides is 1. The number of H-pyrrole nitrogens is 1. The third kappa shape index (κ3) is 4.48. The smallest absolute Gasteiger partial charge is 0.383 e. The van der Waals surface area contributed by atoms with Crippen LogP contribution in [0.1, 0.15) is 40.3 Å². The molecule has 0 fully saturated rings. The molecule has 0 unspecified atom stereocenters. The molecule has 5 N–H and O–H groups in total. The van der Waals surface area contributed by atoms with Crippen LogP contribution < -0.4 is 16.4 Å². The van der Waals surface area contributed by atoms with Gasteiger partial charge in [0.2, 0.25) is 5.76 Å². The van der Waals surface area contributed by atoms with Gasteiger partial charge in [0.05, 0.1) is 22.6 Å². The Bertz CT molecular complexity index is 1310. The molecule has 172 valence electrons. The number of aromatic nitrogens is 5. The molecule has 0 aliphatic heterocycles. The molecule has 10 nitrogen and oxygen atoms in total. The first kappa shape index (κ1) is 22.2. The van der Waals surface area contributed by atoms with Gasteiger partial charge in [-0.3, -0.25) is 4.79 Å². The van der Waals surface area contributed by atoms with E-state index in [0.717, 1.165) is 12.1 Å². The van der Waals surface area contributed by atoms with E-state index in [4.69, 9.17) is 10.3 Å². The maximum Gasteiger partial charge on any atom is 0.416 e. The predicted octanol–water partition coefficient (Wildman–Crippen LogP) is 2.82. The number of carbonyl (C=O) groups excluding carboxylic acids is 1. The number of nitrogens with two attached hydrogens (primary N) is 1. The second kappa shape index (κ2) is 8.50. The molecule has 0 spiro atoms. The number of alkyl halides is 3. The van der Waals surface area contributed by atoms with E-state index in [1.165, 1.54) is 18.5 Å². The summed E-state index contributed by atoms with van der Waals surface area (Å²) in [6, 6.07) is 4.17. The van der Waals surface area contributed by atoms with Crippen LogP contribution in [-0.4, -0.2) is 38.0 Å². The standard InChI is InChI=1S/C20H19F3N8O2/c1-9(28-19(32)16-11(7-25-2)17(24)27-8-26-16)13-6-15(33-31-13)18-29-12-4-3-10(20(21,22)23)5-14(12)30-18/h3-6,8-9,25H,7H2,1-2H3,(H,28,32)(H,29,30)(H2,24,26,27)/t9-/m0/s1. The van der Waals surface area contributed by atoms with Crippen molar-refractivity contribution in [1.82, 2.24) is 35.7 Å². The second-order valence-corrected chi connectivity index (χ2v) is 7.24. The van der Waals surface area contributed by atoms with Crippen molar-refractivity contribution >= 4 is 22.8 Å². The van der Waals surface area contributed by atoms with Gasteiger partial charge in [-0.15, -0.1) is 0 Å². The highest BCUT2D eigenvalue weighted by Gasteiger charge is 2.31. The maximum absolute atomic E-state index is 12.9. The number of anilines is 1. The fourth-order valence-electron chi connectivity index (χ4n) is 3.22. The summed E-state index contributed by atoms with van der Waals surface area (Å²) in [4.78, 5) is 27.7. The van der Waals surface area contributed by atoms with E-state index >= 15 is 0 Å². The largest absolute Gasteiger partial charge is 0.416 e. The first-order valence-electron chi connectivity index (χ1n) is 9.76. The van der Waals surface area contributed by atoms with Gasteiger partial charge in [0.15, 0.2) is 5.82 Å². The molecule has 4 rings (SSSR count). The topological polar surface area (TPSA) is 148 Å². The number of fused-ring (bicyclic) bond motifs is 1. The molecule has 0 saturated carbocycles. The molecule has 4 aromatic rings. The van der Waals surface area contributed by atoms with Crippen LogP contribution in [-0.2, 0) is 12.7 Å². The SMILES string of the molecule is CNCc1c(N)ncnc1C(=O)N[C@@H](C)c1cc(-c2nc3ccc(C(F)(F)F)cc3[nH]2)on1. The lowest BCUT2D eigenvalue weighted by molar-refractivity contribution is -0.137. The summed E-state index contributed by atoms with van der Waals surface area (Å²) in [5.74, 6) is 0.133. The Kier molecular flexibility index (Phi) is 5.72. The monoisotopic (exact) mass is 460 g/mol. The summed E-state index contributed by atoms with van der Waals surface area (Å²) in [7, 11) is 1.70. The van der Waals surface area contributed by atoms with E-state index in [1.54, 1.807) is 14.0 Å². The van der Waals surface area contributed by atoms with Crippen LogP contribution in [0.4, 0.5) is 19.0 Å². The number of hydrogen-bond donors (Lipinski definition) is 4. The molecule has 13 heteroatoms. The van der Waals surface area contributed by atoms with Crippen molar-refractivity contribution in [2.45, 2.75) is 25.7 Å². The summed E-state index contributed by atoms with van der Waals surface area (Å²) < 4.78 is 44.1. The number of nitrogens with zero attached hydrogens (tertiary/aromatic N) is 4. The van der Waals surface area contributed by atoms with Gasteiger partial charge in [-0.2, -0.15) is 13.2 Å². The van der Waals surface area contributed by atoms with Gasteiger partial charge in [0, 0.05) is 18.2 Å². The van der Waals surface area contributed by atoms with Crippen molar-refractivity contribution in [2.24, 2.45) is 0 Å².